The van der Waals surface area contributed by atoms with Gasteiger partial charge in [0.1, 0.15) is 5.75 Å². The first kappa shape index (κ1) is 23.0. The molecule has 0 radical (unpaired) electrons. The molecule has 7 nitrogen and oxygen atoms in total. The monoisotopic (exact) mass is 450 g/mol. The smallest absolute Gasteiger partial charge is 0.271 e. The van der Waals surface area contributed by atoms with Gasteiger partial charge in [0.25, 0.3) is 5.91 Å². The SMILES string of the molecule is CC(NC1CCC(c2ccc(OCC(=O)NS(C)(=O)=O)cc2)C1)c1ccc(F)c(O)c1. The van der Waals surface area contributed by atoms with E-state index in [0.29, 0.717) is 17.7 Å². The number of hydrogen-bond acceptors (Lipinski definition) is 6. The Balaban J connectivity index is 1.50. The van der Waals surface area contributed by atoms with E-state index in [1.807, 2.05) is 23.8 Å². The summed E-state index contributed by atoms with van der Waals surface area (Å²) in [5.74, 6) is -0.814. The van der Waals surface area contributed by atoms with Crippen LogP contribution in [0.5, 0.6) is 11.5 Å². The van der Waals surface area contributed by atoms with Crippen molar-refractivity contribution in [3.05, 3.63) is 59.4 Å². The highest BCUT2D eigenvalue weighted by Gasteiger charge is 2.27. The molecule has 0 saturated heterocycles. The maximum absolute atomic E-state index is 13.3. The first-order valence-corrected chi connectivity index (χ1v) is 12.0. The molecule has 0 spiro atoms. The predicted molar refractivity (Wildman–Crippen MR) is 115 cm³/mol. The van der Waals surface area contributed by atoms with Gasteiger partial charge < -0.3 is 15.2 Å². The number of carbonyl (C=O) groups excluding carboxylic acids is 1. The van der Waals surface area contributed by atoms with E-state index >= 15 is 0 Å². The van der Waals surface area contributed by atoms with E-state index in [9.17, 15) is 22.7 Å². The number of sulfonamides is 1. The van der Waals surface area contributed by atoms with Gasteiger partial charge in [-0.1, -0.05) is 18.2 Å². The van der Waals surface area contributed by atoms with Crippen LogP contribution >= 0.6 is 0 Å². The molecule has 1 aliphatic carbocycles. The minimum absolute atomic E-state index is 0.0101. The molecule has 2 aromatic rings. The zero-order chi connectivity index (χ0) is 22.6. The van der Waals surface area contributed by atoms with Gasteiger partial charge in [-0.3, -0.25) is 9.52 Å². The number of nitrogens with one attached hydrogen (secondary N) is 2. The van der Waals surface area contributed by atoms with Gasteiger partial charge in [0, 0.05) is 12.1 Å². The summed E-state index contributed by atoms with van der Waals surface area (Å²) < 4.78 is 42.5. The predicted octanol–water partition coefficient (Wildman–Crippen LogP) is 2.97. The summed E-state index contributed by atoms with van der Waals surface area (Å²) in [4.78, 5) is 11.5. The third-order valence-electron chi connectivity index (χ3n) is 5.41. The maximum Gasteiger partial charge on any atom is 0.271 e. The number of halogens is 1. The van der Waals surface area contributed by atoms with Crippen molar-refractivity contribution in [2.45, 2.75) is 44.2 Å². The summed E-state index contributed by atoms with van der Waals surface area (Å²) in [7, 11) is -3.60. The fourth-order valence-electron chi connectivity index (χ4n) is 3.91. The number of phenolic OH excluding ortho intramolecular Hbond substituents is 1. The molecule has 3 unspecified atom stereocenters. The molecule has 3 rings (SSSR count). The zero-order valence-corrected chi connectivity index (χ0v) is 18.3. The Morgan fingerprint density at radius 3 is 2.58 bits per heavy atom. The Kier molecular flexibility index (Phi) is 7.17. The summed E-state index contributed by atoms with van der Waals surface area (Å²) in [6.07, 6.45) is 3.89. The lowest BCUT2D eigenvalue weighted by Gasteiger charge is -2.20. The molecule has 0 heterocycles. The second-order valence-corrected chi connectivity index (χ2v) is 9.71. The molecule has 0 bridgehead atoms. The van der Waals surface area contributed by atoms with Gasteiger partial charge in [-0.05, 0) is 67.5 Å². The Morgan fingerprint density at radius 2 is 1.94 bits per heavy atom. The van der Waals surface area contributed by atoms with Crippen LogP contribution in [-0.4, -0.2) is 38.3 Å². The third-order valence-corrected chi connectivity index (χ3v) is 6.01. The van der Waals surface area contributed by atoms with Gasteiger partial charge in [-0.15, -0.1) is 0 Å². The van der Waals surface area contributed by atoms with Gasteiger partial charge in [-0.25, -0.2) is 12.8 Å². The molecule has 3 N–H and O–H groups in total. The van der Waals surface area contributed by atoms with Crippen LogP contribution in [0.4, 0.5) is 4.39 Å². The van der Waals surface area contributed by atoms with Crippen LogP contribution in [0, 0.1) is 5.82 Å². The number of ether oxygens (including phenoxy) is 1. The highest BCUT2D eigenvalue weighted by molar-refractivity contribution is 7.89. The number of phenols is 1. The second-order valence-electron chi connectivity index (χ2n) is 7.96. The van der Waals surface area contributed by atoms with Crippen LogP contribution in [0.15, 0.2) is 42.5 Å². The Labute approximate surface area is 181 Å². The van der Waals surface area contributed by atoms with E-state index in [0.717, 1.165) is 31.1 Å². The zero-order valence-electron chi connectivity index (χ0n) is 17.5. The number of aromatic hydroxyl groups is 1. The maximum atomic E-state index is 13.3. The van der Waals surface area contributed by atoms with Crippen molar-refractivity contribution in [1.29, 1.82) is 0 Å². The average Bonchev–Trinajstić information content (AvgIpc) is 3.16. The van der Waals surface area contributed by atoms with Crippen molar-refractivity contribution >= 4 is 15.9 Å². The van der Waals surface area contributed by atoms with Crippen molar-refractivity contribution in [3.8, 4) is 11.5 Å². The molecule has 31 heavy (non-hydrogen) atoms. The standard InChI is InChI=1S/C22H27FN2O5S/c1-14(16-6-10-20(23)21(26)12-16)24-18-7-3-17(11-18)15-4-8-19(9-5-15)30-13-22(27)25-31(2,28)29/h4-6,8-10,12,14,17-18,24,26H,3,7,11,13H2,1-2H3,(H,25,27). The van der Waals surface area contributed by atoms with Crippen molar-refractivity contribution in [1.82, 2.24) is 10.0 Å². The average molecular weight is 451 g/mol. The van der Waals surface area contributed by atoms with Crippen LogP contribution in [0.25, 0.3) is 0 Å². The minimum Gasteiger partial charge on any atom is -0.505 e. The fraction of sp³-hybridized carbons (Fsp3) is 0.409. The molecular formula is C22H27FN2O5S. The summed E-state index contributed by atoms with van der Waals surface area (Å²) in [5, 5.41) is 13.1. The molecule has 1 fully saturated rings. The topological polar surface area (TPSA) is 105 Å². The van der Waals surface area contributed by atoms with Crippen LogP contribution in [-0.2, 0) is 14.8 Å². The first-order valence-electron chi connectivity index (χ1n) is 10.1. The number of benzene rings is 2. The molecule has 0 aromatic heterocycles. The number of hydrogen-bond donors (Lipinski definition) is 3. The van der Waals surface area contributed by atoms with E-state index in [1.54, 1.807) is 18.2 Å². The van der Waals surface area contributed by atoms with Gasteiger partial charge in [-0.2, -0.15) is 0 Å². The lowest BCUT2D eigenvalue weighted by atomic mass is 9.97. The molecule has 2 aromatic carbocycles. The van der Waals surface area contributed by atoms with Crippen molar-refractivity contribution in [2.24, 2.45) is 0 Å². The highest BCUT2D eigenvalue weighted by Crippen LogP contribution is 2.36. The molecule has 1 amide bonds. The molecular weight excluding hydrogens is 423 g/mol. The molecule has 3 atom stereocenters. The van der Waals surface area contributed by atoms with Crippen molar-refractivity contribution in [3.63, 3.8) is 0 Å². The van der Waals surface area contributed by atoms with E-state index < -0.39 is 21.7 Å². The lowest BCUT2D eigenvalue weighted by molar-refractivity contribution is -0.121. The van der Waals surface area contributed by atoms with E-state index in [-0.39, 0.29) is 18.4 Å². The third kappa shape index (κ3) is 6.67. The number of carbonyl (C=O) groups is 1. The molecule has 1 aliphatic rings. The van der Waals surface area contributed by atoms with Crippen LogP contribution in [0.2, 0.25) is 0 Å². The summed E-state index contributed by atoms with van der Waals surface area (Å²) in [6.45, 7) is 1.62. The van der Waals surface area contributed by atoms with E-state index in [1.165, 1.54) is 17.7 Å². The van der Waals surface area contributed by atoms with E-state index in [2.05, 4.69) is 5.32 Å². The fourth-order valence-corrected chi connectivity index (χ4v) is 4.38. The van der Waals surface area contributed by atoms with Crippen LogP contribution in [0.3, 0.4) is 0 Å². The van der Waals surface area contributed by atoms with Gasteiger partial charge in [0.15, 0.2) is 18.2 Å². The van der Waals surface area contributed by atoms with Gasteiger partial charge in [0.05, 0.1) is 6.26 Å². The number of amides is 1. The highest BCUT2D eigenvalue weighted by atomic mass is 32.2. The largest absolute Gasteiger partial charge is 0.505 e. The Bertz CT molecular complexity index is 1030. The summed E-state index contributed by atoms with van der Waals surface area (Å²) in [6, 6.07) is 12.2. The second kappa shape index (κ2) is 9.65. The normalized spacial score (nSPS) is 19.7. The van der Waals surface area contributed by atoms with Crippen LogP contribution < -0.4 is 14.8 Å². The summed E-state index contributed by atoms with van der Waals surface area (Å²) in [5.41, 5.74) is 2.01. The lowest BCUT2D eigenvalue weighted by Crippen LogP contribution is -2.33. The molecule has 0 aliphatic heterocycles. The molecule has 168 valence electrons. The van der Waals surface area contributed by atoms with Gasteiger partial charge >= 0.3 is 0 Å². The molecule has 9 heteroatoms. The van der Waals surface area contributed by atoms with Crippen molar-refractivity contribution < 1.29 is 27.4 Å². The number of rotatable bonds is 8. The summed E-state index contributed by atoms with van der Waals surface area (Å²) >= 11 is 0. The minimum atomic E-state index is -3.60. The quantitative estimate of drug-likeness (QED) is 0.571. The molecule has 1 saturated carbocycles. The van der Waals surface area contributed by atoms with Crippen molar-refractivity contribution in [2.75, 3.05) is 12.9 Å². The Morgan fingerprint density at radius 1 is 1.23 bits per heavy atom. The first-order chi connectivity index (χ1) is 14.6. The van der Waals surface area contributed by atoms with Crippen LogP contribution in [0.1, 0.15) is 49.3 Å². The van der Waals surface area contributed by atoms with Gasteiger partial charge in [0.2, 0.25) is 10.0 Å². The Hall–Kier alpha value is -2.65. The van der Waals surface area contributed by atoms with E-state index in [4.69, 9.17) is 4.74 Å².